The number of aromatic nitrogens is 3. The Morgan fingerprint density at radius 1 is 1.12 bits per heavy atom. The highest BCUT2D eigenvalue weighted by Crippen LogP contribution is 2.04. The van der Waals surface area contributed by atoms with E-state index < -0.39 is 0 Å². The molecular weight excluding hydrogens is 427 g/mol. The maximum absolute atomic E-state index is 4.60. The van der Waals surface area contributed by atoms with E-state index in [0.717, 1.165) is 42.5 Å². The number of aliphatic imine (C=N–C) groups is 1. The number of fused-ring (bicyclic) bond motifs is 1. The Hall–Kier alpha value is -2.16. The Balaban J connectivity index is 0.00000225. The lowest BCUT2D eigenvalue weighted by Gasteiger charge is -2.10. The summed E-state index contributed by atoms with van der Waals surface area (Å²) in [4.78, 5) is 13.5. The van der Waals surface area contributed by atoms with Crippen LogP contribution in [0.15, 0.2) is 60.0 Å². The average Bonchev–Trinajstić information content (AvgIpc) is 3.03. The Kier molecular flexibility index (Phi) is 7.65. The van der Waals surface area contributed by atoms with Crippen LogP contribution < -0.4 is 10.6 Å². The topological polar surface area (TPSA) is 66.6 Å². The number of halogens is 1. The molecule has 0 aromatic carbocycles. The van der Waals surface area contributed by atoms with Gasteiger partial charge >= 0.3 is 0 Å². The Morgan fingerprint density at radius 2 is 2.00 bits per heavy atom. The van der Waals surface area contributed by atoms with E-state index in [0.29, 0.717) is 6.54 Å². The summed E-state index contributed by atoms with van der Waals surface area (Å²) in [6, 6.07) is 11.9. The first-order valence-electron chi connectivity index (χ1n) is 8.20. The summed E-state index contributed by atoms with van der Waals surface area (Å²) in [5, 5.41) is 6.60. The van der Waals surface area contributed by atoms with Gasteiger partial charge in [-0.3, -0.25) is 4.98 Å². The summed E-state index contributed by atoms with van der Waals surface area (Å²) < 4.78 is 2.04. The molecular formula is C18H23IN6. The van der Waals surface area contributed by atoms with Gasteiger partial charge in [-0.2, -0.15) is 0 Å². The van der Waals surface area contributed by atoms with E-state index >= 15 is 0 Å². The number of hydrogen-bond donors (Lipinski definition) is 2. The highest BCUT2D eigenvalue weighted by molar-refractivity contribution is 14.0. The van der Waals surface area contributed by atoms with E-state index in [1.54, 1.807) is 6.20 Å². The number of pyridine rings is 2. The lowest BCUT2D eigenvalue weighted by molar-refractivity contribution is 0.789. The highest BCUT2D eigenvalue weighted by atomic mass is 127. The zero-order valence-electron chi connectivity index (χ0n) is 14.2. The van der Waals surface area contributed by atoms with Gasteiger partial charge in [0.1, 0.15) is 5.65 Å². The van der Waals surface area contributed by atoms with Crippen molar-refractivity contribution in [3.05, 3.63) is 66.4 Å². The molecule has 0 aliphatic heterocycles. The third-order valence-corrected chi connectivity index (χ3v) is 3.56. The van der Waals surface area contributed by atoms with Gasteiger partial charge in [0.05, 0.1) is 17.9 Å². The van der Waals surface area contributed by atoms with E-state index in [2.05, 4.69) is 38.7 Å². The minimum Gasteiger partial charge on any atom is -0.357 e. The standard InChI is InChI=1S/C18H22N6.HI/c1-2-19-18(22-13-15-7-3-5-10-20-15)21-11-9-16-14-24-12-6-4-8-17(24)23-16;/h3-8,10,12,14H,2,9,11,13H2,1H3,(H2,19,21,22);1H. The molecule has 0 bridgehead atoms. The van der Waals surface area contributed by atoms with Crippen molar-refractivity contribution < 1.29 is 0 Å². The number of imidazole rings is 1. The second-order valence-corrected chi connectivity index (χ2v) is 5.39. The number of hydrogen-bond acceptors (Lipinski definition) is 3. The van der Waals surface area contributed by atoms with Crippen LogP contribution in [-0.4, -0.2) is 33.4 Å². The molecule has 7 heteroatoms. The molecule has 132 valence electrons. The molecule has 0 saturated carbocycles. The molecule has 0 amide bonds. The first-order chi connectivity index (χ1) is 11.8. The van der Waals surface area contributed by atoms with Crippen LogP contribution in [0.25, 0.3) is 5.65 Å². The fourth-order valence-electron chi connectivity index (χ4n) is 2.41. The van der Waals surface area contributed by atoms with Crippen molar-refractivity contribution in [2.75, 3.05) is 13.1 Å². The molecule has 0 saturated heterocycles. The molecule has 0 radical (unpaired) electrons. The second-order valence-electron chi connectivity index (χ2n) is 5.39. The summed E-state index contributed by atoms with van der Waals surface area (Å²) in [7, 11) is 0. The number of nitrogens with zero attached hydrogens (tertiary/aromatic N) is 4. The Morgan fingerprint density at radius 3 is 2.76 bits per heavy atom. The van der Waals surface area contributed by atoms with Crippen molar-refractivity contribution in [1.82, 2.24) is 25.0 Å². The summed E-state index contributed by atoms with van der Waals surface area (Å²) >= 11 is 0. The molecule has 0 aliphatic rings. The lowest BCUT2D eigenvalue weighted by Crippen LogP contribution is -2.38. The van der Waals surface area contributed by atoms with Crippen LogP contribution in [-0.2, 0) is 13.0 Å². The first-order valence-corrected chi connectivity index (χ1v) is 8.20. The van der Waals surface area contributed by atoms with Gasteiger partial charge in [0, 0.05) is 38.1 Å². The molecule has 0 unspecified atom stereocenters. The molecule has 3 heterocycles. The minimum atomic E-state index is 0. The van der Waals surface area contributed by atoms with Crippen LogP contribution >= 0.6 is 24.0 Å². The fraction of sp³-hybridized carbons (Fsp3) is 0.278. The van der Waals surface area contributed by atoms with E-state index in [1.807, 2.05) is 47.0 Å². The van der Waals surface area contributed by atoms with Crippen LogP contribution in [0, 0.1) is 0 Å². The molecule has 3 rings (SSSR count). The quantitative estimate of drug-likeness (QED) is 0.344. The molecule has 3 aromatic rings. The predicted molar refractivity (Wildman–Crippen MR) is 111 cm³/mol. The number of nitrogens with one attached hydrogen (secondary N) is 2. The molecule has 2 N–H and O–H groups in total. The Labute approximate surface area is 164 Å². The van der Waals surface area contributed by atoms with Crippen molar-refractivity contribution in [3.8, 4) is 0 Å². The maximum Gasteiger partial charge on any atom is 0.191 e. The third kappa shape index (κ3) is 5.70. The van der Waals surface area contributed by atoms with Crippen LogP contribution in [0.5, 0.6) is 0 Å². The maximum atomic E-state index is 4.60. The summed E-state index contributed by atoms with van der Waals surface area (Å²) in [5.74, 6) is 0.798. The third-order valence-electron chi connectivity index (χ3n) is 3.56. The van der Waals surface area contributed by atoms with Crippen LogP contribution in [0.3, 0.4) is 0 Å². The molecule has 3 aromatic heterocycles. The monoisotopic (exact) mass is 450 g/mol. The van der Waals surface area contributed by atoms with Crippen molar-refractivity contribution in [3.63, 3.8) is 0 Å². The van der Waals surface area contributed by atoms with Gasteiger partial charge in [-0.1, -0.05) is 12.1 Å². The predicted octanol–water partition coefficient (Wildman–Crippen LogP) is 2.65. The minimum absolute atomic E-state index is 0. The molecule has 0 atom stereocenters. The van der Waals surface area contributed by atoms with Crippen LogP contribution in [0.1, 0.15) is 18.3 Å². The van der Waals surface area contributed by atoms with Gasteiger partial charge in [-0.25, -0.2) is 9.98 Å². The molecule has 0 aliphatic carbocycles. The van der Waals surface area contributed by atoms with E-state index in [9.17, 15) is 0 Å². The lowest BCUT2D eigenvalue weighted by atomic mass is 10.3. The molecule has 6 nitrogen and oxygen atoms in total. The number of guanidine groups is 1. The van der Waals surface area contributed by atoms with E-state index in [1.165, 1.54) is 0 Å². The molecule has 0 fully saturated rings. The van der Waals surface area contributed by atoms with Gasteiger partial charge in [-0.15, -0.1) is 24.0 Å². The summed E-state index contributed by atoms with van der Waals surface area (Å²) in [6.07, 6.45) is 6.71. The normalized spacial score (nSPS) is 11.2. The van der Waals surface area contributed by atoms with Crippen molar-refractivity contribution in [2.24, 2.45) is 4.99 Å². The van der Waals surface area contributed by atoms with Crippen molar-refractivity contribution in [1.29, 1.82) is 0 Å². The van der Waals surface area contributed by atoms with Gasteiger partial charge < -0.3 is 15.0 Å². The zero-order chi connectivity index (χ0) is 16.6. The van der Waals surface area contributed by atoms with Gasteiger partial charge in [-0.05, 0) is 31.2 Å². The largest absolute Gasteiger partial charge is 0.357 e. The molecule has 25 heavy (non-hydrogen) atoms. The van der Waals surface area contributed by atoms with Gasteiger partial charge in [0.2, 0.25) is 0 Å². The van der Waals surface area contributed by atoms with Crippen LogP contribution in [0.2, 0.25) is 0 Å². The van der Waals surface area contributed by atoms with E-state index in [4.69, 9.17) is 0 Å². The summed E-state index contributed by atoms with van der Waals surface area (Å²) in [6.45, 7) is 4.21. The fourth-order valence-corrected chi connectivity index (χ4v) is 2.41. The zero-order valence-corrected chi connectivity index (χ0v) is 16.6. The first kappa shape index (κ1) is 19.2. The average molecular weight is 450 g/mol. The van der Waals surface area contributed by atoms with Crippen molar-refractivity contribution in [2.45, 2.75) is 19.9 Å². The van der Waals surface area contributed by atoms with Crippen molar-refractivity contribution >= 4 is 35.6 Å². The highest BCUT2D eigenvalue weighted by Gasteiger charge is 2.02. The van der Waals surface area contributed by atoms with Gasteiger partial charge in [0.15, 0.2) is 5.96 Å². The number of rotatable bonds is 6. The van der Waals surface area contributed by atoms with Crippen LogP contribution in [0.4, 0.5) is 0 Å². The van der Waals surface area contributed by atoms with Gasteiger partial charge in [0.25, 0.3) is 0 Å². The Bertz CT molecular complexity index is 766. The summed E-state index contributed by atoms with van der Waals surface area (Å²) in [5.41, 5.74) is 2.99. The SMILES string of the molecule is CCNC(=NCc1ccccn1)NCCc1cn2ccccc2n1.I. The van der Waals surface area contributed by atoms with E-state index in [-0.39, 0.29) is 24.0 Å². The smallest absolute Gasteiger partial charge is 0.191 e. The second kappa shape index (κ2) is 9.97. The molecule has 0 spiro atoms.